The van der Waals surface area contributed by atoms with Crippen LogP contribution in [-0.2, 0) is 0 Å². The lowest BCUT2D eigenvalue weighted by Gasteiger charge is -2.49. The summed E-state index contributed by atoms with van der Waals surface area (Å²) in [5.74, 6) is -0.339. The molecule has 1 amide bonds. The molecule has 1 aromatic heterocycles. The largest absolute Gasteiger partial charge is 0.508 e. The maximum atomic E-state index is 12.4. The lowest BCUT2D eigenvalue weighted by Crippen LogP contribution is -2.60. The highest BCUT2D eigenvalue weighted by molar-refractivity contribution is 5.93. The van der Waals surface area contributed by atoms with E-state index in [9.17, 15) is 19.8 Å². The normalized spacial score (nSPS) is 24.2. The van der Waals surface area contributed by atoms with E-state index in [1.54, 1.807) is 26.8 Å². The lowest BCUT2D eigenvalue weighted by molar-refractivity contribution is -0.139. The van der Waals surface area contributed by atoms with Crippen molar-refractivity contribution in [3.05, 3.63) is 58.0 Å². The summed E-state index contributed by atoms with van der Waals surface area (Å²) in [6, 6.07) is 6.25. The van der Waals surface area contributed by atoms with Gasteiger partial charge in [0, 0.05) is 23.4 Å². The predicted molar refractivity (Wildman–Crippen MR) is 90.8 cm³/mol. The summed E-state index contributed by atoms with van der Waals surface area (Å²) < 4.78 is 7.23. The standard InChI is InChI=1S/C18H20N2O5/c1-17(2)18(3,24)15(20-7-6-11(21)9-14(20)22)12-8-10(16(19)23)4-5-13(12)25-17/h4-9,15,21,24H,1-3H3,(H2,19,23). The van der Waals surface area contributed by atoms with Crippen LogP contribution in [-0.4, -0.2) is 31.9 Å². The maximum absolute atomic E-state index is 12.4. The predicted octanol–water partition coefficient (Wildman–Crippen LogP) is 1.16. The number of aromatic nitrogens is 1. The second-order valence-corrected chi connectivity index (χ2v) is 6.91. The van der Waals surface area contributed by atoms with Crippen LogP contribution in [0.25, 0.3) is 0 Å². The average Bonchev–Trinajstić information content (AvgIpc) is 2.49. The van der Waals surface area contributed by atoms with E-state index in [4.69, 9.17) is 10.5 Å². The van der Waals surface area contributed by atoms with Crippen molar-refractivity contribution < 1.29 is 19.7 Å². The molecular weight excluding hydrogens is 324 g/mol. The smallest absolute Gasteiger partial charge is 0.254 e. The van der Waals surface area contributed by atoms with Gasteiger partial charge in [-0.05, 0) is 45.0 Å². The van der Waals surface area contributed by atoms with Gasteiger partial charge in [0.2, 0.25) is 5.91 Å². The molecule has 0 aliphatic carbocycles. The van der Waals surface area contributed by atoms with Crippen LogP contribution in [0.2, 0.25) is 0 Å². The number of hydrogen-bond donors (Lipinski definition) is 3. The zero-order chi connectivity index (χ0) is 18.6. The molecule has 7 nitrogen and oxygen atoms in total. The molecule has 0 spiro atoms. The number of rotatable bonds is 2. The summed E-state index contributed by atoms with van der Waals surface area (Å²) in [7, 11) is 0. The quantitative estimate of drug-likeness (QED) is 0.756. The van der Waals surface area contributed by atoms with Gasteiger partial charge in [-0.2, -0.15) is 0 Å². The van der Waals surface area contributed by atoms with Gasteiger partial charge in [-0.25, -0.2) is 0 Å². The van der Waals surface area contributed by atoms with Crippen molar-refractivity contribution in [2.45, 2.75) is 38.0 Å². The van der Waals surface area contributed by atoms with Gasteiger partial charge in [0.05, 0.1) is 6.04 Å². The number of nitrogens with two attached hydrogens (primary N) is 1. The molecule has 25 heavy (non-hydrogen) atoms. The molecule has 1 aliphatic heterocycles. The number of ether oxygens (including phenoxy) is 1. The van der Waals surface area contributed by atoms with Crippen LogP contribution in [0, 0.1) is 0 Å². The number of nitrogens with zero attached hydrogens (tertiary/aromatic N) is 1. The van der Waals surface area contributed by atoms with Crippen molar-refractivity contribution in [2.75, 3.05) is 0 Å². The molecule has 2 unspecified atom stereocenters. The minimum absolute atomic E-state index is 0.168. The first-order valence-corrected chi connectivity index (χ1v) is 7.81. The van der Waals surface area contributed by atoms with Gasteiger partial charge in [-0.15, -0.1) is 0 Å². The van der Waals surface area contributed by atoms with Gasteiger partial charge in [0.1, 0.15) is 22.7 Å². The van der Waals surface area contributed by atoms with Crippen molar-refractivity contribution in [2.24, 2.45) is 5.73 Å². The monoisotopic (exact) mass is 344 g/mol. The van der Waals surface area contributed by atoms with E-state index in [1.807, 2.05) is 0 Å². The third kappa shape index (κ3) is 2.56. The number of carbonyl (C=O) groups excluding carboxylic acids is 1. The van der Waals surface area contributed by atoms with E-state index >= 15 is 0 Å². The highest BCUT2D eigenvalue weighted by Gasteiger charge is 2.53. The van der Waals surface area contributed by atoms with Crippen molar-refractivity contribution in [1.82, 2.24) is 4.57 Å². The lowest BCUT2D eigenvalue weighted by atomic mass is 9.75. The van der Waals surface area contributed by atoms with E-state index in [-0.39, 0.29) is 11.3 Å². The molecule has 3 rings (SSSR count). The van der Waals surface area contributed by atoms with E-state index in [0.29, 0.717) is 11.3 Å². The van der Waals surface area contributed by atoms with Crippen LogP contribution in [0.1, 0.15) is 42.7 Å². The van der Waals surface area contributed by atoms with Gasteiger partial charge in [0.25, 0.3) is 5.56 Å². The summed E-state index contributed by atoms with van der Waals surface area (Å²) in [6.45, 7) is 5.00. The van der Waals surface area contributed by atoms with E-state index in [0.717, 1.165) is 6.07 Å². The molecule has 2 heterocycles. The average molecular weight is 344 g/mol. The topological polar surface area (TPSA) is 115 Å². The zero-order valence-corrected chi connectivity index (χ0v) is 14.2. The summed E-state index contributed by atoms with van der Waals surface area (Å²) >= 11 is 0. The first-order chi connectivity index (χ1) is 11.5. The van der Waals surface area contributed by atoms with Crippen molar-refractivity contribution in [3.63, 3.8) is 0 Å². The van der Waals surface area contributed by atoms with Crippen LogP contribution in [0.5, 0.6) is 11.5 Å². The summed E-state index contributed by atoms with van der Waals surface area (Å²) in [6.07, 6.45) is 1.40. The van der Waals surface area contributed by atoms with Crippen molar-refractivity contribution in [3.8, 4) is 11.5 Å². The molecule has 0 bridgehead atoms. The third-order valence-electron chi connectivity index (χ3n) is 4.92. The van der Waals surface area contributed by atoms with Gasteiger partial charge in [-0.3, -0.25) is 9.59 Å². The molecule has 2 atom stereocenters. The molecule has 0 saturated carbocycles. The number of aromatic hydroxyl groups is 1. The van der Waals surface area contributed by atoms with Crippen molar-refractivity contribution >= 4 is 5.91 Å². The number of benzene rings is 1. The van der Waals surface area contributed by atoms with Gasteiger partial charge < -0.3 is 25.3 Å². The summed E-state index contributed by atoms with van der Waals surface area (Å²) in [5, 5.41) is 20.7. The molecule has 0 radical (unpaired) electrons. The van der Waals surface area contributed by atoms with E-state index in [1.165, 1.54) is 29.0 Å². The van der Waals surface area contributed by atoms with Crippen LogP contribution in [0.4, 0.5) is 0 Å². The Morgan fingerprint density at radius 2 is 1.92 bits per heavy atom. The number of fused-ring (bicyclic) bond motifs is 1. The SMILES string of the molecule is CC1(C)Oc2ccc(C(N)=O)cc2C(n2ccc(O)cc2=O)C1(C)O. The molecule has 4 N–H and O–H groups in total. The Morgan fingerprint density at radius 1 is 1.24 bits per heavy atom. The maximum Gasteiger partial charge on any atom is 0.254 e. The number of hydrogen-bond acceptors (Lipinski definition) is 5. The van der Waals surface area contributed by atoms with Crippen LogP contribution in [0.3, 0.4) is 0 Å². The van der Waals surface area contributed by atoms with E-state index in [2.05, 4.69) is 0 Å². The minimum Gasteiger partial charge on any atom is -0.508 e. The summed E-state index contributed by atoms with van der Waals surface area (Å²) in [5.41, 5.74) is 3.07. The highest BCUT2D eigenvalue weighted by atomic mass is 16.5. The number of carbonyl (C=O) groups is 1. The molecule has 0 saturated heterocycles. The second-order valence-electron chi connectivity index (χ2n) is 6.91. The zero-order valence-electron chi connectivity index (χ0n) is 14.2. The van der Waals surface area contributed by atoms with Crippen LogP contribution < -0.4 is 16.0 Å². The van der Waals surface area contributed by atoms with Crippen LogP contribution in [0.15, 0.2) is 41.3 Å². The van der Waals surface area contributed by atoms with Crippen molar-refractivity contribution in [1.29, 1.82) is 0 Å². The Hall–Kier alpha value is -2.80. The first-order valence-electron chi connectivity index (χ1n) is 7.81. The van der Waals surface area contributed by atoms with E-state index < -0.39 is 28.7 Å². The van der Waals surface area contributed by atoms with Gasteiger partial charge >= 0.3 is 0 Å². The first kappa shape index (κ1) is 17.0. The second kappa shape index (κ2) is 5.35. The Balaban J connectivity index is 2.32. The number of pyridine rings is 1. The Bertz CT molecular complexity index is 914. The van der Waals surface area contributed by atoms with Gasteiger partial charge in [-0.1, -0.05) is 0 Å². The molecule has 132 valence electrons. The van der Waals surface area contributed by atoms with Gasteiger partial charge in [0.15, 0.2) is 0 Å². The highest BCUT2D eigenvalue weighted by Crippen LogP contribution is 2.47. The number of amides is 1. The fourth-order valence-corrected chi connectivity index (χ4v) is 3.13. The number of aliphatic hydroxyl groups is 1. The fraction of sp³-hybridized carbons (Fsp3) is 0.333. The molecule has 2 aromatic rings. The minimum atomic E-state index is -1.49. The molecular formula is C18H20N2O5. The molecule has 0 fully saturated rings. The Labute approximate surface area is 144 Å². The summed E-state index contributed by atoms with van der Waals surface area (Å²) in [4.78, 5) is 24.0. The van der Waals surface area contributed by atoms with Crippen LogP contribution >= 0.6 is 0 Å². The Morgan fingerprint density at radius 3 is 2.52 bits per heavy atom. The third-order valence-corrected chi connectivity index (χ3v) is 4.92. The molecule has 7 heteroatoms. The Kier molecular flexibility index (Phi) is 3.65. The molecule has 1 aliphatic rings. The number of primary amides is 1. The fourth-order valence-electron chi connectivity index (χ4n) is 3.13. The molecule has 1 aromatic carbocycles.